The van der Waals surface area contributed by atoms with Crippen molar-refractivity contribution in [2.24, 2.45) is 5.92 Å². The number of rotatable bonds is 7. The van der Waals surface area contributed by atoms with Crippen LogP contribution in [0.3, 0.4) is 0 Å². The topological polar surface area (TPSA) is 50.8 Å². The Kier molecular flexibility index (Phi) is 5.61. The van der Waals surface area contributed by atoms with Gasteiger partial charge in [0.05, 0.1) is 13.2 Å². The zero-order valence-electron chi connectivity index (χ0n) is 14.7. The van der Waals surface area contributed by atoms with E-state index in [-0.39, 0.29) is 18.2 Å². The Morgan fingerprint density at radius 2 is 2.08 bits per heavy atom. The van der Waals surface area contributed by atoms with Crippen LogP contribution in [0.25, 0.3) is 0 Å². The number of nitrogens with zero attached hydrogens (tertiary/aromatic N) is 1. The van der Waals surface area contributed by atoms with Crippen LogP contribution in [0.4, 0.5) is 4.79 Å². The lowest BCUT2D eigenvalue weighted by atomic mass is 10.1. The molecular weight excluding hydrogens is 304 g/mol. The Hall–Kier alpha value is -1.75. The molecule has 5 nitrogen and oxygen atoms in total. The maximum absolute atomic E-state index is 12.7. The molecule has 1 aromatic carbocycles. The first kappa shape index (κ1) is 17.1. The summed E-state index contributed by atoms with van der Waals surface area (Å²) in [6, 6.07) is 8.22. The quantitative estimate of drug-likeness (QED) is 0.834. The largest absolute Gasteiger partial charge is 0.497 e. The molecule has 1 aromatic rings. The lowest BCUT2D eigenvalue weighted by Gasteiger charge is -2.30. The zero-order valence-corrected chi connectivity index (χ0v) is 14.7. The molecule has 2 amide bonds. The first-order valence-electron chi connectivity index (χ1n) is 8.96. The molecule has 0 bridgehead atoms. The van der Waals surface area contributed by atoms with Crippen LogP contribution in [0.2, 0.25) is 0 Å². The molecule has 2 aliphatic rings. The molecule has 2 atom stereocenters. The Morgan fingerprint density at radius 1 is 1.33 bits per heavy atom. The molecule has 132 valence electrons. The van der Waals surface area contributed by atoms with Crippen molar-refractivity contribution in [2.45, 2.75) is 51.3 Å². The average Bonchev–Trinajstić information content (AvgIpc) is 3.33. The van der Waals surface area contributed by atoms with Gasteiger partial charge in [0, 0.05) is 25.7 Å². The normalized spacial score (nSPS) is 21.3. The molecule has 5 heteroatoms. The summed E-state index contributed by atoms with van der Waals surface area (Å²) in [5.41, 5.74) is 1.12. The van der Waals surface area contributed by atoms with E-state index in [4.69, 9.17) is 9.47 Å². The Bertz CT molecular complexity index is 536. The molecule has 0 radical (unpaired) electrons. The van der Waals surface area contributed by atoms with Crippen LogP contribution in [0.5, 0.6) is 5.75 Å². The third kappa shape index (κ3) is 4.41. The number of carbonyl (C=O) groups excluding carboxylic acids is 1. The van der Waals surface area contributed by atoms with Crippen molar-refractivity contribution >= 4 is 6.03 Å². The molecule has 1 heterocycles. The first-order chi connectivity index (χ1) is 11.7. The highest BCUT2D eigenvalue weighted by Gasteiger charge is 2.34. The number of methoxy groups -OCH3 is 1. The van der Waals surface area contributed by atoms with Crippen molar-refractivity contribution in [1.29, 1.82) is 0 Å². The molecule has 1 aliphatic carbocycles. The minimum absolute atomic E-state index is 0.0146. The van der Waals surface area contributed by atoms with Gasteiger partial charge in [-0.1, -0.05) is 12.1 Å². The first-order valence-corrected chi connectivity index (χ1v) is 8.96. The summed E-state index contributed by atoms with van der Waals surface area (Å²) in [4.78, 5) is 14.7. The predicted molar refractivity (Wildman–Crippen MR) is 93.1 cm³/mol. The fourth-order valence-electron chi connectivity index (χ4n) is 3.27. The van der Waals surface area contributed by atoms with Crippen molar-refractivity contribution in [1.82, 2.24) is 10.2 Å². The van der Waals surface area contributed by atoms with Gasteiger partial charge in [0.25, 0.3) is 0 Å². The minimum atomic E-state index is 0.0146. The number of hydrogen-bond donors (Lipinski definition) is 1. The summed E-state index contributed by atoms with van der Waals surface area (Å²) in [5.74, 6) is 1.47. The number of carbonyl (C=O) groups is 1. The van der Waals surface area contributed by atoms with Gasteiger partial charge < -0.3 is 19.7 Å². The highest BCUT2D eigenvalue weighted by Crippen LogP contribution is 2.35. The third-order valence-electron chi connectivity index (χ3n) is 5.07. The van der Waals surface area contributed by atoms with Gasteiger partial charge in [-0.25, -0.2) is 4.79 Å². The molecular formula is C19H28N2O3. The molecule has 0 aromatic heterocycles. The minimum Gasteiger partial charge on any atom is -0.497 e. The van der Waals surface area contributed by atoms with Crippen molar-refractivity contribution < 1.29 is 14.3 Å². The van der Waals surface area contributed by atoms with Crippen LogP contribution in [-0.2, 0) is 11.3 Å². The van der Waals surface area contributed by atoms with Gasteiger partial charge in [-0.3, -0.25) is 0 Å². The summed E-state index contributed by atoms with van der Waals surface area (Å²) in [7, 11) is 1.66. The smallest absolute Gasteiger partial charge is 0.318 e. The molecule has 0 spiro atoms. The van der Waals surface area contributed by atoms with E-state index in [0.717, 1.165) is 30.8 Å². The third-order valence-corrected chi connectivity index (χ3v) is 5.07. The van der Waals surface area contributed by atoms with E-state index < -0.39 is 0 Å². The van der Waals surface area contributed by atoms with Crippen LogP contribution < -0.4 is 10.1 Å². The van der Waals surface area contributed by atoms with Crippen LogP contribution >= 0.6 is 0 Å². The summed E-state index contributed by atoms with van der Waals surface area (Å²) in [6.07, 6.45) is 4.75. The van der Waals surface area contributed by atoms with Gasteiger partial charge in [0.15, 0.2) is 0 Å². The van der Waals surface area contributed by atoms with Crippen LogP contribution in [-0.4, -0.2) is 43.3 Å². The number of nitrogens with one attached hydrogen (secondary N) is 1. The Morgan fingerprint density at radius 3 is 2.67 bits per heavy atom. The van der Waals surface area contributed by atoms with E-state index in [9.17, 15) is 4.79 Å². The fraction of sp³-hybridized carbons (Fsp3) is 0.632. The molecule has 24 heavy (non-hydrogen) atoms. The van der Waals surface area contributed by atoms with E-state index >= 15 is 0 Å². The Balaban J connectivity index is 1.61. The van der Waals surface area contributed by atoms with Gasteiger partial charge in [-0.2, -0.15) is 0 Å². The monoisotopic (exact) mass is 332 g/mol. The summed E-state index contributed by atoms with van der Waals surface area (Å²) in [5, 5.41) is 3.07. The predicted octanol–water partition coefficient (Wildman–Crippen LogP) is 3.18. The fourth-order valence-corrected chi connectivity index (χ4v) is 3.27. The summed E-state index contributed by atoms with van der Waals surface area (Å²) in [6.45, 7) is 4.20. The second kappa shape index (κ2) is 7.88. The van der Waals surface area contributed by atoms with E-state index in [0.29, 0.717) is 19.0 Å². The van der Waals surface area contributed by atoms with Gasteiger partial charge in [0.2, 0.25) is 0 Å². The number of amides is 2. The summed E-state index contributed by atoms with van der Waals surface area (Å²) < 4.78 is 10.8. The van der Waals surface area contributed by atoms with Gasteiger partial charge in [0.1, 0.15) is 5.75 Å². The van der Waals surface area contributed by atoms with Gasteiger partial charge in [-0.15, -0.1) is 0 Å². The zero-order chi connectivity index (χ0) is 16.9. The number of hydrogen-bond acceptors (Lipinski definition) is 3. The molecule has 1 aliphatic heterocycles. The second-order valence-electron chi connectivity index (χ2n) is 6.88. The summed E-state index contributed by atoms with van der Waals surface area (Å²) >= 11 is 0. The maximum Gasteiger partial charge on any atom is 0.318 e. The molecule has 1 saturated heterocycles. The number of benzene rings is 1. The standard InChI is InChI=1S/C19H28N2O3/c1-14(16-7-8-16)21(13-15-5-9-17(23-2)10-6-15)19(22)20-12-18-4-3-11-24-18/h5-6,9-10,14,16,18H,3-4,7-8,11-13H2,1-2H3,(H,20,22)/t14-,18-/m1/s1. The molecule has 1 N–H and O–H groups in total. The molecule has 1 saturated carbocycles. The highest BCUT2D eigenvalue weighted by atomic mass is 16.5. The van der Waals surface area contributed by atoms with Crippen LogP contribution in [0, 0.1) is 5.92 Å². The molecule has 3 rings (SSSR count). The lowest BCUT2D eigenvalue weighted by molar-refractivity contribution is 0.106. The van der Waals surface area contributed by atoms with Crippen LogP contribution in [0.1, 0.15) is 38.2 Å². The Labute approximate surface area is 144 Å². The average molecular weight is 332 g/mol. The van der Waals surface area contributed by atoms with Crippen molar-refractivity contribution in [2.75, 3.05) is 20.3 Å². The van der Waals surface area contributed by atoms with Crippen LogP contribution in [0.15, 0.2) is 24.3 Å². The van der Waals surface area contributed by atoms with Crippen molar-refractivity contribution in [3.05, 3.63) is 29.8 Å². The SMILES string of the molecule is COc1ccc(CN(C(=O)NC[C@H]2CCCO2)[C@H](C)C2CC2)cc1. The highest BCUT2D eigenvalue weighted by molar-refractivity contribution is 5.74. The van der Waals surface area contributed by atoms with Gasteiger partial charge in [-0.05, 0) is 56.2 Å². The number of urea groups is 1. The van der Waals surface area contributed by atoms with E-state index in [1.165, 1.54) is 12.8 Å². The van der Waals surface area contributed by atoms with Gasteiger partial charge >= 0.3 is 6.03 Å². The second-order valence-corrected chi connectivity index (χ2v) is 6.88. The lowest BCUT2D eigenvalue weighted by Crippen LogP contribution is -2.47. The molecule has 2 fully saturated rings. The van der Waals surface area contributed by atoms with Crippen molar-refractivity contribution in [3.63, 3.8) is 0 Å². The van der Waals surface area contributed by atoms with Crippen molar-refractivity contribution in [3.8, 4) is 5.75 Å². The number of ether oxygens (including phenoxy) is 2. The van der Waals surface area contributed by atoms with E-state index in [1.807, 2.05) is 29.2 Å². The van der Waals surface area contributed by atoms with E-state index in [2.05, 4.69) is 12.2 Å². The van der Waals surface area contributed by atoms with E-state index in [1.54, 1.807) is 7.11 Å². The maximum atomic E-state index is 12.7. The molecule has 0 unspecified atom stereocenters.